The number of aromatic nitrogens is 3. The highest BCUT2D eigenvalue weighted by Gasteiger charge is 2.17. The number of hydrogen-bond acceptors (Lipinski definition) is 5. The van der Waals surface area contributed by atoms with Crippen molar-refractivity contribution in [3.8, 4) is 22.9 Å². The molecule has 0 radical (unpaired) electrons. The summed E-state index contributed by atoms with van der Waals surface area (Å²) in [7, 11) is 0. The highest BCUT2D eigenvalue weighted by atomic mass is 16.6. The Morgan fingerprint density at radius 2 is 1.90 bits per heavy atom. The molecule has 2 aromatic carbocycles. The fourth-order valence-corrected chi connectivity index (χ4v) is 3.42. The molecule has 144 valence electrons. The molecule has 1 N–H and O–H groups in total. The van der Waals surface area contributed by atoms with Crippen molar-refractivity contribution in [2.24, 2.45) is 0 Å². The number of amides is 1. The van der Waals surface area contributed by atoms with Crippen LogP contribution in [0.4, 0.5) is 5.69 Å². The number of imidazole rings is 1. The van der Waals surface area contributed by atoms with Crippen molar-refractivity contribution in [3.05, 3.63) is 67.0 Å². The molecule has 0 saturated heterocycles. The maximum atomic E-state index is 12.8. The van der Waals surface area contributed by atoms with E-state index in [1.165, 1.54) is 0 Å². The normalized spacial score (nSPS) is 12.7. The number of anilines is 1. The first kappa shape index (κ1) is 17.2. The van der Waals surface area contributed by atoms with E-state index in [4.69, 9.17) is 14.5 Å². The molecule has 0 unspecified atom stereocenters. The minimum absolute atomic E-state index is 0.124. The van der Waals surface area contributed by atoms with E-state index in [0.29, 0.717) is 36.2 Å². The molecule has 0 bridgehead atoms. The number of para-hydroxylation sites is 2. The van der Waals surface area contributed by atoms with Crippen LogP contribution < -0.4 is 14.8 Å². The van der Waals surface area contributed by atoms with E-state index < -0.39 is 0 Å². The fraction of sp³-hybridized carbons (Fsp3) is 0.136. The van der Waals surface area contributed by atoms with Crippen LogP contribution in [0.5, 0.6) is 11.5 Å². The van der Waals surface area contributed by atoms with Crippen molar-refractivity contribution in [3.63, 3.8) is 0 Å². The molecule has 0 fully saturated rings. The van der Waals surface area contributed by atoms with E-state index in [1.54, 1.807) is 30.6 Å². The van der Waals surface area contributed by atoms with E-state index in [2.05, 4.69) is 10.3 Å². The summed E-state index contributed by atoms with van der Waals surface area (Å²) in [5.74, 6) is 1.87. The Morgan fingerprint density at radius 3 is 2.76 bits per heavy atom. The molecule has 0 aliphatic carbocycles. The summed E-state index contributed by atoms with van der Waals surface area (Å²) in [6.45, 7) is 1.16. The van der Waals surface area contributed by atoms with E-state index in [1.807, 2.05) is 41.0 Å². The first-order chi connectivity index (χ1) is 14.3. The molecule has 0 saturated carbocycles. The minimum atomic E-state index is -0.157. The van der Waals surface area contributed by atoms with Crippen molar-refractivity contribution >= 4 is 22.6 Å². The largest absolute Gasteiger partial charge is 0.486 e. The number of fused-ring (bicyclic) bond motifs is 2. The standard InChI is InChI=1S/C22H18N4O3/c27-21(24-16-7-8-19-20(12-16)29-11-10-28-19)14-26-18-6-2-1-5-17(18)25-22(26)15-4-3-9-23-13-15/h1-9,12-13H,10-11,14H2,(H,24,27). The lowest BCUT2D eigenvalue weighted by atomic mass is 10.2. The third kappa shape index (κ3) is 3.38. The molecule has 0 atom stereocenters. The number of hydrogen-bond donors (Lipinski definition) is 1. The molecule has 4 aromatic rings. The number of pyridine rings is 1. The van der Waals surface area contributed by atoms with E-state index in [0.717, 1.165) is 16.6 Å². The van der Waals surface area contributed by atoms with Gasteiger partial charge in [-0.25, -0.2) is 4.98 Å². The van der Waals surface area contributed by atoms with E-state index >= 15 is 0 Å². The van der Waals surface area contributed by atoms with Gasteiger partial charge in [-0.15, -0.1) is 0 Å². The summed E-state index contributed by atoms with van der Waals surface area (Å²) in [4.78, 5) is 21.7. The van der Waals surface area contributed by atoms with Crippen LogP contribution in [-0.2, 0) is 11.3 Å². The van der Waals surface area contributed by atoms with Gasteiger partial charge in [0.2, 0.25) is 5.91 Å². The van der Waals surface area contributed by atoms with Crippen LogP contribution in [0.1, 0.15) is 0 Å². The maximum absolute atomic E-state index is 12.8. The Hall–Kier alpha value is -3.87. The monoisotopic (exact) mass is 386 g/mol. The molecule has 29 heavy (non-hydrogen) atoms. The predicted octanol–water partition coefficient (Wildman–Crippen LogP) is 3.51. The average molecular weight is 386 g/mol. The van der Waals surface area contributed by atoms with Crippen LogP contribution in [0.3, 0.4) is 0 Å². The van der Waals surface area contributed by atoms with Crippen LogP contribution in [-0.4, -0.2) is 33.7 Å². The van der Waals surface area contributed by atoms with Crippen molar-refractivity contribution in [1.29, 1.82) is 0 Å². The lowest BCUT2D eigenvalue weighted by Gasteiger charge is -2.19. The number of benzene rings is 2. The predicted molar refractivity (Wildman–Crippen MR) is 109 cm³/mol. The quantitative estimate of drug-likeness (QED) is 0.581. The molecule has 0 spiro atoms. The van der Waals surface area contributed by atoms with Crippen molar-refractivity contribution in [1.82, 2.24) is 14.5 Å². The summed E-state index contributed by atoms with van der Waals surface area (Å²) in [5, 5.41) is 2.93. The van der Waals surface area contributed by atoms with E-state index in [-0.39, 0.29) is 12.5 Å². The molecule has 3 heterocycles. The zero-order valence-corrected chi connectivity index (χ0v) is 15.5. The molecule has 1 aliphatic heterocycles. The van der Waals surface area contributed by atoms with E-state index in [9.17, 15) is 4.79 Å². The molecule has 2 aromatic heterocycles. The second-order valence-corrected chi connectivity index (χ2v) is 6.66. The van der Waals surface area contributed by atoms with Crippen molar-refractivity contribution < 1.29 is 14.3 Å². The van der Waals surface area contributed by atoms with Gasteiger partial charge in [0.05, 0.1) is 11.0 Å². The smallest absolute Gasteiger partial charge is 0.244 e. The van der Waals surface area contributed by atoms with Crippen LogP contribution in [0.2, 0.25) is 0 Å². The Morgan fingerprint density at radius 1 is 1.03 bits per heavy atom. The van der Waals surface area contributed by atoms with Gasteiger partial charge in [-0.3, -0.25) is 9.78 Å². The molecular formula is C22H18N4O3. The summed E-state index contributed by atoms with van der Waals surface area (Å²) in [6.07, 6.45) is 3.46. The second kappa shape index (κ2) is 7.27. The highest BCUT2D eigenvalue weighted by Crippen LogP contribution is 2.32. The molecule has 7 nitrogen and oxygen atoms in total. The third-order valence-electron chi connectivity index (χ3n) is 4.70. The van der Waals surface area contributed by atoms with Gasteiger partial charge in [-0.1, -0.05) is 12.1 Å². The first-order valence-electron chi connectivity index (χ1n) is 9.33. The number of carbonyl (C=O) groups is 1. The highest BCUT2D eigenvalue weighted by molar-refractivity contribution is 5.93. The Balaban J connectivity index is 1.44. The molecule has 5 rings (SSSR count). The summed E-state index contributed by atoms with van der Waals surface area (Å²) >= 11 is 0. The number of nitrogens with zero attached hydrogens (tertiary/aromatic N) is 3. The van der Waals surface area contributed by atoms with Gasteiger partial charge in [0.25, 0.3) is 0 Å². The fourth-order valence-electron chi connectivity index (χ4n) is 3.42. The number of rotatable bonds is 4. The van der Waals surface area contributed by atoms with Crippen LogP contribution in [0.25, 0.3) is 22.4 Å². The van der Waals surface area contributed by atoms with Crippen LogP contribution >= 0.6 is 0 Å². The van der Waals surface area contributed by atoms with Gasteiger partial charge in [0.15, 0.2) is 11.5 Å². The lowest BCUT2D eigenvalue weighted by Crippen LogP contribution is -2.20. The Bertz CT molecular complexity index is 1190. The number of ether oxygens (including phenoxy) is 2. The third-order valence-corrected chi connectivity index (χ3v) is 4.70. The summed E-state index contributed by atoms with van der Waals surface area (Å²) in [5.41, 5.74) is 3.24. The van der Waals surface area contributed by atoms with Gasteiger partial charge >= 0.3 is 0 Å². The van der Waals surface area contributed by atoms with Gasteiger partial charge in [0.1, 0.15) is 25.6 Å². The second-order valence-electron chi connectivity index (χ2n) is 6.66. The topological polar surface area (TPSA) is 78.3 Å². The zero-order valence-electron chi connectivity index (χ0n) is 15.5. The SMILES string of the molecule is O=C(Cn1c(-c2cccnc2)nc2ccccc21)Nc1ccc2c(c1)OCCO2. The van der Waals surface area contributed by atoms with Gasteiger partial charge in [0, 0.05) is 29.7 Å². The number of carbonyl (C=O) groups excluding carboxylic acids is 1. The molecular weight excluding hydrogens is 368 g/mol. The van der Waals surface area contributed by atoms with Crippen molar-refractivity contribution in [2.45, 2.75) is 6.54 Å². The zero-order chi connectivity index (χ0) is 19.6. The molecule has 7 heteroatoms. The van der Waals surface area contributed by atoms with Gasteiger partial charge < -0.3 is 19.4 Å². The Kier molecular flexibility index (Phi) is 4.32. The lowest BCUT2D eigenvalue weighted by molar-refractivity contribution is -0.116. The van der Waals surface area contributed by atoms with Crippen molar-refractivity contribution in [2.75, 3.05) is 18.5 Å². The average Bonchev–Trinajstić information content (AvgIpc) is 3.12. The minimum Gasteiger partial charge on any atom is -0.486 e. The van der Waals surface area contributed by atoms with Gasteiger partial charge in [-0.05, 0) is 36.4 Å². The van der Waals surface area contributed by atoms with Gasteiger partial charge in [-0.2, -0.15) is 0 Å². The molecule has 1 aliphatic rings. The van der Waals surface area contributed by atoms with Crippen LogP contribution in [0, 0.1) is 0 Å². The first-order valence-corrected chi connectivity index (χ1v) is 9.33. The summed E-state index contributed by atoms with van der Waals surface area (Å²) < 4.78 is 13.0. The maximum Gasteiger partial charge on any atom is 0.244 e. The Labute approximate surface area is 166 Å². The number of nitrogens with one attached hydrogen (secondary N) is 1. The summed E-state index contributed by atoms with van der Waals surface area (Å²) in [6, 6.07) is 16.9. The van der Waals surface area contributed by atoms with Crippen LogP contribution in [0.15, 0.2) is 67.0 Å². The molecule has 1 amide bonds.